The summed E-state index contributed by atoms with van der Waals surface area (Å²) >= 11 is 0. The minimum absolute atomic E-state index is 0.161. The van der Waals surface area contributed by atoms with Crippen molar-refractivity contribution in [3.63, 3.8) is 0 Å². The number of nitrogens with zero attached hydrogens (tertiary/aromatic N) is 2. The Morgan fingerprint density at radius 2 is 1.70 bits per heavy atom. The maximum atomic E-state index is 9.39. The molecule has 1 aliphatic rings. The van der Waals surface area contributed by atoms with E-state index in [1.807, 2.05) is 12.1 Å². The number of aromatic hydroxyl groups is 1. The number of nitrogen functional groups attached to an aromatic ring is 1. The van der Waals surface area contributed by atoms with Crippen molar-refractivity contribution in [2.45, 2.75) is 12.8 Å². The van der Waals surface area contributed by atoms with Crippen molar-refractivity contribution in [2.75, 3.05) is 51.6 Å². The van der Waals surface area contributed by atoms with Crippen LogP contribution in [0.1, 0.15) is 12.0 Å². The standard InChI is InChI=1S/C15H25N3O2/c16-14-12-13(3-4-15(14)20)2-1-5-17-6-8-18(9-7-17)10-11-19/h3-4,12,19-20H,1-2,5-11,16H2. The van der Waals surface area contributed by atoms with Gasteiger partial charge in [-0.15, -0.1) is 0 Å². The molecule has 5 heteroatoms. The lowest BCUT2D eigenvalue weighted by molar-refractivity contribution is 0.112. The number of aliphatic hydroxyl groups is 1. The second-order valence-electron chi connectivity index (χ2n) is 5.40. The molecular weight excluding hydrogens is 254 g/mol. The predicted octanol–water partition coefficient (Wildman–Crippen LogP) is 0.517. The van der Waals surface area contributed by atoms with Crippen LogP contribution in [0.15, 0.2) is 18.2 Å². The summed E-state index contributed by atoms with van der Waals surface area (Å²) in [5, 5.41) is 18.3. The number of piperazine rings is 1. The highest BCUT2D eigenvalue weighted by Crippen LogP contribution is 2.21. The van der Waals surface area contributed by atoms with Gasteiger partial charge in [-0.25, -0.2) is 0 Å². The molecule has 2 rings (SSSR count). The Morgan fingerprint density at radius 3 is 2.30 bits per heavy atom. The van der Waals surface area contributed by atoms with E-state index in [2.05, 4.69) is 9.80 Å². The van der Waals surface area contributed by atoms with E-state index in [0.29, 0.717) is 5.69 Å². The van der Waals surface area contributed by atoms with Gasteiger partial charge in [0, 0.05) is 32.7 Å². The van der Waals surface area contributed by atoms with Crippen LogP contribution in [0.4, 0.5) is 5.69 Å². The smallest absolute Gasteiger partial charge is 0.138 e. The molecule has 1 heterocycles. The van der Waals surface area contributed by atoms with Gasteiger partial charge in [0.25, 0.3) is 0 Å². The molecule has 0 spiro atoms. The number of phenolic OH excluding ortho intramolecular Hbond substituents is 1. The molecule has 0 aliphatic carbocycles. The Hall–Kier alpha value is -1.30. The number of hydrogen-bond donors (Lipinski definition) is 3. The number of anilines is 1. The van der Waals surface area contributed by atoms with Gasteiger partial charge in [0.05, 0.1) is 12.3 Å². The lowest BCUT2D eigenvalue weighted by Gasteiger charge is -2.34. The monoisotopic (exact) mass is 279 g/mol. The summed E-state index contributed by atoms with van der Waals surface area (Å²) in [6, 6.07) is 5.46. The van der Waals surface area contributed by atoms with Crippen LogP contribution in [-0.2, 0) is 6.42 Å². The Bertz CT molecular complexity index is 418. The van der Waals surface area contributed by atoms with Crippen molar-refractivity contribution in [1.82, 2.24) is 9.80 Å². The molecule has 1 fully saturated rings. The molecule has 0 amide bonds. The van der Waals surface area contributed by atoms with Crippen LogP contribution in [0.3, 0.4) is 0 Å². The summed E-state index contributed by atoms with van der Waals surface area (Å²) in [5.74, 6) is 0.161. The van der Waals surface area contributed by atoms with E-state index in [1.165, 1.54) is 5.56 Å². The second kappa shape index (κ2) is 7.47. The van der Waals surface area contributed by atoms with Crippen molar-refractivity contribution in [2.24, 2.45) is 0 Å². The zero-order chi connectivity index (χ0) is 14.4. The first-order chi connectivity index (χ1) is 9.69. The van der Waals surface area contributed by atoms with Crippen molar-refractivity contribution >= 4 is 5.69 Å². The summed E-state index contributed by atoms with van der Waals surface area (Å²) in [4.78, 5) is 4.77. The summed E-state index contributed by atoms with van der Waals surface area (Å²) in [6.07, 6.45) is 2.09. The van der Waals surface area contributed by atoms with Gasteiger partial charge in [-0.3, -0.25) is 4.90 Å². The topological polar surface area (TPSA) is 73.0 Å². The van der Waals surface area contributed by atoms with Crippen molar-refractivity contribution in [3.05, 3.63) is 23.8 Å². The zero-order valence-electron chi connectivity index (χ0n) is 12.0. The molecule has 20 heavy (non-hydrogen) atoms. The number of phenols is 1. The highest BCUT2D eigenvalue weighted by Gasteiger charge is 2.15. The van der Waals surface area contributed by atoms with E-state index in [-0.39, 0.29) is 12.4 Å². The number of rotatable bonds is 6. The van der Waals surface area contributed by atoms with Gasteiger partial charge < -0.3 is 20.8 Å². The third-order valence-electron chi connectivity index (χ3n) is 3.91. The molecule has 0 unspecified atom stereocenters. The van der Waals surface area contributed by atoms with E-state index in [4.69, 9.17) is 10.8 Å². The molecule has 1 aromatic rings. The fraction of sp³-hybridized carbons (Fsp3) is 0.600. The molecular formula is C15H25N3O2. The lowest BCUT2D eigenvalue weighted by Crippen LogP contribution is -2.47. The van der Waals surface area contributed by atoms with Crippen molar-refractivity contribution in [1.29, 1.82) is 0 Å². The van der Waals surface area contributed by atoms with Crippen LogP contribution < -0.4 is 5.73 Å². The van der Waals surface area contributed by atoms with Gasteiger partial charge in [-0.2, -0.15) is 0 Å². The first kappa shape index (κ1) is 15.1. The van der Waals surface area contributed by atoms with Crippen LogP contribution in [0.25, 0.3) is 0 Å². The van der Waals surface area contributed by atoms with E-state index in [1.54, 1.807) is 6.07 Å². The third kappa shape index (κ3) is 4.37. The SMILES string of the molecule is Nc1cc(CCCN2CCN(CCO)CC2)ccc1O. The zero-order valence-corrected chi connectivity index (χ0v) is 12.0. The molecule has 4 N–H and O–H groups in total. The summed E-state index contributed by atoms with van der Waals surface area (Å²) in [6.45, 7) is 6.39. The maximum absolute atomic E-state index is 9.39. The molecule has 1 saturated heterocycles. The van der Waals surface area contributed by atoms with Crippen LogP contribution in [0, 0.1) is 0 Å². The van der Waals surface area contributed by atoms with Gasteiger partial charge in [0.15, 0.2) is 0 Å². The maximum Gasteiger partial charge on any atom is 0.138 e. The van der Waals surface area contributed by atoms with Crippen LogP contribution in [-0.4, -0.2) is 65.9 Å². The van der Waals surface area contributed by atoms with Crippen LogP contribution in [0.2, 0.25) is 0 Å². The normalized spacial score (nSPS) is 17.4. The second-order valence-corrected chi connectivity index (χ2v) is 5.40. The Kier molecular flexibility index (Phi) is 5.64. The molecule has 112 valence electrons. The van der Waals surface area contributed by atoms with Gasteiger partial charge in [0.2, 0.25) is 0 Å². The summed E-state index contributed by atoms with van der Waals surface area (Å²) < 4.78 is 0. The van der Waals surface area contributed by atoms with Crippen LogP contribution >= 0.6 is 0 Å². The lowest BCUT2D eigenvalue weighted by atomic mass is 10.1. The molecule has 1 aromatic carbocycles. The molecule has 5 nitrogen and oxygen atoms in total. The Balaban J connectivity index is 1.67. The molecule has 0 atom stereocenters. The summed E-state index contributed by atoms with van der Waals surface area (Å²) in [7, 11) is 0. The molecule has 0 aromatic heterocycles. The van der Waals surface area contributed by atoms with E-state index >= 15 is 0 Å². The number of nitrogens with two attached hydrogens (primary N) is 1. The van der Waals surface area contributed by atoms with E-state index in [0.717, 1.165) is 52.1 Å². The highest BCUT2D eigenvalue weighted by molar-refractivity contribution is 5.53. The molecule has 1 aliphatic heterocycles. The van der Waals surface area contributed by atoms with Gasteiger partial charge in [0.1, 0.15) is 5.75 Å². The number of β-amino-alcohol motifs (C(OH)–C–C–N with tert-alkyl or cyclic N) is 1. The first-order valence-corrected chi connectivity index (χ1v) is 7.32. The average molecular weight is 279 g/mol. The van der Waals surface area contributed by atoms with Crippen molar-refractivity contribution < 1.29 is 10.2 Å². The average Bonchev–Trinajstić information content (AvgIpc) is 2.45. The quantitative estimate of drug-likeness (QED) is 0.523. The molecule has 0 saturated carbocycles. The van der Waals surface area contributed by atoms with Crippen LogP contribution in [0.5, 0.6) is 5.75 Å². The van der Waals surface area contributed by atoms with Gasteiger partial charge in [-0.05, 0) is 37.1 Å². The Labute approximate surface area is 120 Å². The van der Waals surface area contributed by atoms with Gasteiger partial charge >= 0.3 is 0 Å². The summed E-state index contributed by atoms with van der Waals surface area (Å²) in [5.41, 5.74) is 7.33. The molecule has 0 bridgehead atoms. The van der Waals surface area contributed by atoms with Gasteiger partial charge in [-0.1, -0.05) is 6.07 Å². The number of aliphatic hydroxyl groups excluding tert-OH is 1. The number of hydrogen-bond acceptors (Lipinski definition) is 5. The van der Waals surface area contributed by atoms with E-state index < -0.39 is 0 Å². The number of aryl methyl sites for hydroxylation is 1. The minimum atomic E-state index is 0.161. The predicted molar refractivity (Wildman–Crippen MR) is 80.8 cm³/mol. The molecule has 0 radical (unpaired) electrons. The highest BCUT2D eigenvalue weighted by atomic mass is 16.3. The van der Waals surface area contributed by atoms with Crippen molar-refractivity contribution in [3.8, 4) is 5.75 Å². The largest absolute Gasteiger partial charge is 0.506 e. The van der Waals surface area contributed by atoms with E-state index in [9.17, 15) is 5.11 Å². The minimum Gasteiger partial charge on any atom is -0.506 e. The third-order valence-corrected chi connectivity index (χ3v) is 3.91. The fourth-order valence-electron chi connectivity index (χ4n) is 2.64. The number of benzene rings is 1. The first-order valence-electron chi connectivity index (χ1n) is 7.32. The Morgan fingerprint density at radius 1 is 1.05 bits per heavy atom. The fourth-order valence-corrected chi connectivity index (χ4v) is 2.64.